The van der Waals surface area contributed by atoms with Gasteiger partial charge < -0.3 is 14.4 Å². The highest BCUT2D eigenvalue weighted by atomic mass is 19.4. The molecular weight excluding hydrogens is 279 g/mol. The molecule has 2 heterocycles. The Hall–Kier alpha value is -2.16. The average Bonchev–Trinajstić information content (AvgIpc) is 2.83. The minimum absolute atomic E-state index is 0.00563. The zero-order valence-corrected chi connectivity index (χ0v) is 10.1. The first-order valence-electron chi connectivity index (χ1n) is 5.57. The van der Waals surface area contributed by atoms with Crippen LogP contribution in [0.2, 0.25) is 0 Å². The molecule has 0 aliphatic carbocycles. The van der Waals surface area contributed by atoms with E-state index < -0.39 is 12.8 Å². The molecule has 0 atom stereocenters. The van der Waals surface area contributed by atoms with Crippen LogP contribution in [-0.4, -0.2) is 39.6 Å². The summed E-state index contributed by atoms with van der Waals surface area (Å²) in [5.41, 5.74) is 0.113. The van der Waals surface area contributed by atoms with Crippen molar-refractivity contribution in [1.29, 1.82) is 0 Å². The van der Waals surface area contributed by atoms with E-state index in [4.69, 9.17) is 4.52 Å². The first-order chi connectivity index (χ1) is 9.46. The number of aromatic hydroxyl groups is 1. The maximum Gasteiger partial charge on any atom is 0.411 e. The third-order valence-corrected chi connectivity index (χ3v) is 2.19. The van der Waals surface area contributed by atoms with Gasteiger partial charge in [-0.1, -0.05) is 5.16 Å². The Labute approximate surface area is 111 Å². The zero-order chi connectivity index (χ0) is 14.6. The van der Waals surface area contributed by atoms with Crippen molar-refractivity contribution in [2.45, 2.75) is 12.6 Å². The molecular formula is C11H10F3N3O3. The van der Waals surface area contributed by atoms with Gasteiger partial charge in [-0.15, -0.1) is 0 Å². The Morgan fingerprint density at radius 2 is 2.15 bits per heavy atom. The lowest BCUT2D eigenvalue weighted by Gasteiger charge is -2.05. The Balaban J connectivity index is 1.92. The van der Waals surface area contributed by atoms with Crippen LogP contribution in [0.15, 0.2) is 22.9 Å². The quantitative estimate of drug-likeness (QED) is 0.847. The molecule has 6 nitrogen and oxygen atoms in total. The number of nitrogens with zero attached hydrogens (tertiary/aromatic N) is 3. The van der Waals surface area contributed by atoms with E-state index in [2.05, 4.69) is 19.9 Å². The van der Waals surface area contributed by atoms with E-state index in [0.29, 0.717) is 0 Å². The number of rotatable bonds is 5. The lowest BCUT2D eigenvalue weighted by Crippen LogP contribution is -2.18. The summed E-state index contributed by atoms with van der Waals surface area (Å²) in [5, 5.41) is 13.1. The Bertz CT molecular complexity index is 571. The number of alkyl halides is 3. The minimum atomic E-state index is -4.36. The van der Waals surface area contributed by atoms with Crippen molar-refractivity contribution in [3.63, 3.8) is 0 Å². The second-order valence-electron chi connectivity index (χ2n) is 3.80. The van der Waals surface area contributed by atoms with Gasteiger partial charge in [-0.3, -0.25) is 0 Å². The first kappa shape index (κ1) is 14.3. The highest BCUT2D eigenvalue weighted by Gasteiger charge is 2.27. The maximum absolute atomic E-state index is 11.8. The Morgan fingerprint density at radius 3 is 2.85 bits per heavy atom. The van der Waals surface area contributed by atoms with E-state index in [9.17, 15) is 18.3 Å². The monoisotopic (exact) mass is 289 g/mol. The molecule has 0 aromatic carbocycles. The molecule has 0 saturated carbocycles. The second kappa shape index (κ2) is 5.87. The topological polar surface area (TPSA) is 81.3 Å². The highest BCUT2D eigenvalue weighted by Crippen LogP contribution is 2.24. The van der Waals surface area contributed by atoms with Crippen molar-refractivity contribution in [2.24, 2.45) is 0 Å². The van der Waals surface area contributed by atoms with E-state index in [0.717, 1.165) is 0 Å². The molecule has 2 aromatic heterocycles. The molecule has 108 valence electrons. The van der Waals surface area contributed by atoms with E-state index in [1.807, 2.05) is 0 Å². The molecule has 0 radical (unpaired) electrons. The highest BCUT2D eigenvalue weighted by molar-refractivity contribution is 5.55. The van der Waals surface area contributed by atoms with Gasteiger partial charge in [-0.2, -0.15) is 18.2 Å². The number of pyridine rings is 1. The van der Waals surface area contributed by atoms with Crippen molar-refractivity contribution >= 4 is 0 Å². The van der Waals surface area contributed by atoms with Crippen LogP contribution >= 0.6 is 0 Å². The van der Waals surface area contributed by atoms with Gasteiger partial charge in [0.25, 0.3) is 5.89 Å². The van der Waals surface area contributed by atoms with E-state index in [1.165, 1.54) is 18.3 Å². The third-order valence-electron chi connectivity index (χ3n) is 2.19. The van der Waals surface area contributed by atoms with Gasteiger partial charge in [0.1, 0.15) is 12.4 Å². The molecule has 0 aliphatic rings. The van der Waals surface area contributed by atoms with Crippen molar-refractivity contribution in [3.8, 4) is 17.3 Å². The van der Waals surface area contributed by atoms with Crippen LogP contribution in [0, 0.1) is 0 Å². The molecule has 0 amide bonds. The summed E-state index contributed by atoms with van der Waals surface area (Å²) < 4.78 is 44.8. The minimum Gasteiger partial charge on any atom is -0.505 e. The summed E-state index contributed by atoms with van der Waals surface area (Å²) in [6.45, 7) is -1.51. The number of ether oxygens (including phenoxy) is 1. The molecule has 0 unspecified atom stereocenters. The lowest BCUT2D eigenvalue weighted by molar-refractivity contribution is -0.173. The fraction of sp³-hybridized carbons (Fsp3) is 0.364. The van der Waals surface area contributed by atoms with E-state index >= 15 is 0 Å². The molecule has 2 aromatic rings. The first-order valence-corrected chi connectivity index (χ1v) is 5.57. The van der Waals surface area contributed by atoms with Crippen LogP contribution in [0.3, 0.4) is 0 Å². The Kier molecular flexibility index (Phi) is 4.18. The molecule has 20 heavy (non-hydrogen) atoms. The summed E-state index contributed by atoms with van der Waals surface area (Å²) in [5.74, 6) is 0.0390. The van der Waals surface area contributed by atoms with Gasteiger partial charge in [0.05, 0.1) is 6.61 Å². The van der Waals surface area contributed by atoms with Gasteiger partial charge in [0, 0.05) is 12.6 Å². The van der Waals surface area contributed by atoms with Crippen LogP contribution in [-0.2, 0) is 11.2 Å². The number of halogens is 3. The summed E-state index contributed by atoms with van der Waals surface area (Å²) >= 11 is 0. The molecule has 0 bridgehead atoms. The van der Waals surface area contributed by atoms with Crippen molar-refractivity contribution in [1.82, 2.24) is 15.1 Å². The average molecular weight is 289 g/mol. The van der Waals surface area contributed by atoms with Crippen LogP contribution in [0.5, 0.6) is 5.75 Å². The fourth-order valence-electron chi connectivity index (χ4n) is 1.36. The fourth-order valence-corrected chi connectivity index (χ4v) is 1.36. The number of hydrogen-bond donors (Lipinski definition) is 1. The molecule has 1 N–H and O–H groups in total. The molecule has 0 aliphatic heterocycles. The van der Waals surface area contributed by atoms with Gasteiger partial charge in [-0.25, -0.2) is 4.98 Å². The van der Waals surface area contributed by atoms with Crippen molar-refractivity contribution in [3.05, 3.63) is 24.2 Å². The van der Waals surface area contributed by atoms with Crippen LogP contribution in [0.25, 0.3) is 11.6 Å². The van der Waals surface area contributed by atoms with Crippen molar-refractivity contribution in [2.75, 3.05) is 13.2 Å². The predicted molar refractivity (Wildman–Crippen MR) is 59.8 cm³/mol. The lowest BCUT2D eigenvalue weighted by atomic mass is 10.3. The van der Waals surface area contributed by atoms with Gasteiger partial charge in [0.2, 0.25) is 0 Å². The molecule has 0 fully saturated rings. The smallest absolute Gasteiger partial charge is 0.411 e. The van der Waals surface area contributed by atoms with Gasteiger partial charge in [-0.05, 0) is 12.1 Å². The molecule has 2 rings (SSSR count). The summed E-state index contributed by atoms with van der Waals surface area (Å²) in [6.07, 6.45) is -2.86. The number of hydrogen-bond acceptors (Lipinski definition) is 6. The zero-order valence-electron chi connectivity index (χ0n) is 10.1. The summed E-state index contributed by atoms with van der Waals surface area (Å²) in [6, 6.07) is 2.93. The van der Waals surface area contributed by atoms with Gasteiger partial charge >= 0.3 is 6.18 Å². The largest absolute Gasteiger partial charge is 0.505 e. The number of aromatic nitrogens is 3. The maximum atomic E-state index is 11.8. The van der Waals surface area contributed by atoms with Crippen LogP contribution < -0.4 is 0 Å². The molecule has 9 heteroatoms. The SMILES string of the molecule is Oc1cccnc1-c1nc(CCOCC(F)(F)F)no1. The standard InChI is InChI=1S/C11H10F3N3O3/c12-11(13,14)6-19-5-3-8-16-10(20-17-8)9-7(18)2-1-4-15-9/h1-2,4,18H,3,5-6H2. The van der Waals surface area contributed by atoms with Gasteiger partial charge in [0.15, 0.2) is 11.5 Å². The predicted octanol–water partition coefficient (Wildman–Crippen LogP) is 1.96. The molecule has 0 spiro atoms. The van der Waals surface area contributed by atoms with E-state index in [1.54, 1.807) is 0 Å². The van der Waals surface area contributed by atoms with Crippen LogP contribution in [0.1, 0.15) is 5.82 Å². The Morgan fingerprint density at radius 1 is 1.35 bits per heavy atom. The summed E-state index contributed by atoms with van der Waals surface area (Å²) in [7, 11) is 0. The summed E-state index contributed by atoms with van der Waals surface area (Å²) in [4.78, 5) is 7.78. The van der Waals surface area contributed by atoms with Crippen molar-refractivity contribution < 1.29 is 27.5 Å². The van der Waals surface area contributed by atoms with Crippen LogP contribution in [0.4, 0.5) is 13.2 Å². The molecule has 0 saturated heterocycles. The second-order valence-corrected chi connectivity index (χ2v) is 3.80. The van der Waals surface area contributed by atoms with E-state index in [-0.39, 0.29) is 36.2 Å². The third kappa shape index (κ3) is 3.92. The normalized spacial score (nSPS) is 11.8.